The molecule has 0 radical (unpaired) electrons. The Labute approximate surface area is 124 Å². The van der Waals surface area contributed by atoms with Crippen molar-refractivity contribution in [2.45, 2.75) is 6.92 Å². The van der Waals surface area contributed by atoms with E-state index in [0.29, 0.717) is 17.9 Å². The minimum atomic E-state index is -3.34. The molecule has 0 atom stereocenters. The van der Waals surface area contributed by atoms with Crippen molar-refractivity contribution in [3.8, 4) is 0 Å². The van der Waals surface area contributed by atoms with Gasteiger partial charge in [-0.25, -0.2) is 12.7 Å². The lowest BCUT2D eigenvalue weighted by atomic mass is 10.2. The predicted octanol–water partition coefficient (Wildman–Crippen LogP) is 1.33. The lowest BCUT2D eigenvalue weighted by Gasteiger charge is -2.13. The van der Waals surface area contributed by atoms with Crippen LogP contribution < -0.4 is 10.6 Å². The third-order valence-corrected chi connectivity index (χ3v) is 4.65. The molecule has 0 aliphatic rings. The highest BCUT2D eigenvalue weighted by atomic mass is 32.2. The Morgan fingerprint density at radius 2 is 1.81 bits per heavy atom. The van der Waals surface area contributed by atoms with Crippen LogP contribution >= 0.6 is 0 Å². The van der Waals surface area contributed by atoms with Crippen molar-refractivity contribution < 1.29 is 13.3 Å². The molecular formula is C12H20N4O4S. The average Bonchev–Trinajstić information content (AvgIpc) is 2.38. The lowest BCUT2D eigenvalue weighted by Crippen LogP contribution is -2.28. The first kappa shape index (κ1) is 17.2. The van der Waals surface area contributed by atoms with Crippen molar-refractivity contribution in [1.29, 1.82) is 0 Å². The molecule has 0 saturated carbocycles. The second-order valence-electron chi connectivity index (χ2n) is 4.51. The molecule has 118 valence electrons. The first-order valence-corrected chi connectivity index (χ1v) is 8.06. The maximum Gasteiger partial charge on any atom is 0.315 e. The average molecular weight is 316 g/mol. The smallest absolute Gasteiger partial charge is 0.315 e. The summed E-state index contributed by atoms with van der Waals surface area (Å²) in [6.45, 7) is 2.49. The van der Waals surface area contributed by atoms with Crippen LogP contribution in [0.4, 0.5) is 17.1 Å². The Hall–Kier alpha value is -1.87. The van der Waals surface area contributed by atoms with Crippen molar-refractivity contribution in [3.05, 3.63) is 28.3 Å². The molecule has 0 unspecified atom stereocenters. The number of benzene rings is 1. The Morgan fingerprint density at radius 1 is 1.24 bits per heavy atom. The summed E-state index contributed by atoms with van der Waals surface area (Å²) in [7, 11) is -0.440. The molecule has 21 heavy (non-hydrogen) atoms. The summed E-state index contributed by atoms with van der Waals surface area (Å²) >= 11 is 0. The molecular weight excluding hydrogens is 296 g/mol. The van der Waals surface area contributed by atoms with E-state index in [0.717, 1.165) is 4.31 Å². The molecule has 1 aromatic carbocycles. The first-order valence-electron chi connectivity index (χ1n) is 6.45. The van der Waals surface area contributed by atoms with Gasteiger partial charge in [-0.15, -0.1) is 0 Å². The summed E-state index contributed by atoms with van der Waals surface area (Å²) in [5.41, 5.74) is 0.622. The fourth-order valence-electron chi connectivity index (χ4n) is 1.71. The highest BCUT2D eigenvalue weighted by Crippen LogP contribution is 2.32. The summed E-state index contributed by atoms with van der Waals surface area (Å²) in [4.78, 5) is 10.7. The van der Waals surface area contributed by atoms with E-state index < -0.39 is 14.9 Å². The van der Waals surface area contributed by atoms with Gasteiger partial charge < -0.3 is 10.6 Å². The monoisotopic (exact) mass is 316 g/mol. The molecule has 0 spiro atoms. The quantitative estimate of drug-likeness (QED) is 0.554. The number of nitrogens with one attached hydrogen (secondary N) is 2. The molecule has 1 rings (SSSR count). The molecule has 0 saturated heterocycles. The van der Waals surface area contributed by atoms with Crippen LogP contribution in [0.2, 0.25) is 0 Å². The van der Waals surface area contributed by atoms with Gasteiger partial charge in [0.25, 0.3) is 0 Å². The molecule has 0 aliphatic carbocycles. The Morgan fingerprint density at radius 3 is 2.29 bits per heavy atom. The zero-order chi connectivity index (χ0) is 16.0. The van der Waals surface area contributed by atoms with Gasteiger partial charge in [0.15, 0.2) is 0 Å². The van der Waals surface area contributed by atoms with Gasteiger partial charge in [-0.3, -0.25) is 10.1 Å². The second kappa shape index (κ2) is 7.23. The fraction of sp³-hybridized carbons (Fsp3) is 0.500. The maximum atomic E-state index is 11.6. The summed E-state index contributed by atoms with van der Waals surface area (Å²) in [6, 6.07) is 4.85. The minimum absolute atomic E-state index is 0.0819. The van der Waals surface area contributed by atoms with Gasteiger partial charge in [0.2, 0.25) is 10.0 Å². The van der Waals surface area contributed by atoms with Gasteiger partial charge in [-0.05, 0) is 19.1 Å². The summed E-state index contributed by atoms with van der Waals surface area (Å²) in [5.74, 6) is -0.136. The Kier molecular flexibility index (Phi) is 5.91. The predicted molar refractivity (Wildman–Crippen MR) is 83.2 cm³/mol. The molecule has 0 aromatic heterocycles. The van der Waals surface area contributed by atoms with Gasteiger partial charge >= 0.3 is 5.69 Å². The highest BCUT2D eigenvalue weighted by molar-refractivity contribution is 7.89. The zero-order valence-electron chi connectivity index (χ0n) is 12.3. The normalized spacial score (nSPS) is 11.4. The van der Waals surface area contributed by atoms with Crippen molar-refractivity contribution in [1.82, 2.24) is 4.31 Å². The molecule has 0 aliphatic heterocycles. The minimum Gasteiger partial charge on any atom is -0.380 e. The molecule has 0 amide bonds. The Bertz CT molecular complexity index is 601. The molecule has 1 aromatic rings. The van der Waals surface area contributed by atoms with E-state index in [1.807, 2.05) is 6.92 Å². The van der Waals surface area contributed by atoms with Crippen LogP contribution in [0.1, 0.15) is 6.92 Å². The largest absolute Gasteiger partial charge is 0.380 e. The summed E-state index contributed by atoms with van der Waals surface area (Å²) in [5, 5.41) is 16.9. The van der Waals surface area contributed by atoms with Crippen LogP contribution in [0.15, 0.2) is 18.2 Å². The zero-order valence-corrected chi connectivity index (χ0v) is 13.1. The number of nitrogens with zero attached hydrogens (tertiary/aromatic N) is 2. The van der Waals surface area contributed by atoms with E-state index in [2.05, 4.69) is 10.6 Å². The van der Waals surface area contributed by atoms with Crippen molar-refractivity contribution in [3.63, 3.8) is 0 Å². The molecule has 8 nitrogen and oxygen atoms in total. The van der Waals surface area contributed by atoms with Crippen LogP contribution in [0.25, 0.3) is 0 Å². The molecule has 0 heterocycles. The van der Waals surface area contributed by atoms with Gasteiger partial charge in [-0.1, -0.05) is 6.07 Å². The topological polar surface area (TPSA) is 105 Å². The summed E-state index contributed by atoms with van der Waals surface area (Å²) < 4.78 is 24.4. The number of para-hydroxylation sites is 1. The highest BCUT2D eigenvalue weighted by Gasteiger charge is 2.20. The molecule has 2 N–H and O–H groups in total. The SMILES string of the molecule is CCNc1cccc(NCCS(=O)(=O)N(C)C)c1[N+](=O)[O-]. The van der Waals surface area contributed by atoms with E-state index in [9.17, 15) is 18.5 Å². The van der Waals surface area contributed by atoms with Crippen LogP contribution in [0, 0.1) is 10.1 Å². The van der Waals surface area contributed by atoms with Crippen LogP contribution in [0.5, 0.6) is 0 Å². The molecule has 9 heteroatoms. The van der Waals surface area contributed by atoms with Crippen molar-refractivity contribution in [2.75, 3.05) is 43.6 Å². The number of nitro groups is 1. The fourth-order valence-corrected chi connectivity index (χ4v) is 2.44. The van der Waals surface area contributed by atoms with E-state index in [4.69, 9.17) is 0 Å². The standard InChI is InChI=1S/C12H20N4O4S/c1-4-13-10-6-5-7-11(12(10)16(17)18)14-8-9-21(19,20)15(2)3/h5-7,13-14H,4,8-9H2,1-3H3. The molecule has 0 bridgehead atoms. The Balaban J connectivity index is 2.89. The lowest BCUT2D eigenvalue weighted by molar-refractivity contribution is -0.383. The third-order valence-electron chi connectivity index (χ3n) is 2.82. The second-order valence-corrected chi connectivity index (χ2v) is 6.82. The van der Waals surface area contributed by atoms with Gasteiger partial charge in [-0.2, -0.15) is 0 Å². The van der Waals surface area contributed by atoms with Gasteiger partial charge in [0.1, 0.15) is 11.4 Å². The third kappa shape index (κ3) is 4.57. The number of anilines is 2. The van der Waals surface area contributed by atoms with E-state index in [-0.39, 0.29) is 18.0 Å². The molecule has 0 fully saturated rings. The first-order chi connectivity index (χ1) is 9.79. The van der Waals surface area contributed by atoms with Crippen LogP contribution in [-0.4, -0.2) is 50.6 Å². The van der Waals surface area contributed by atoms with Gasteiger partial charge in [0, 0.05) is 27.2 Å². The number of rotatable bonds is 8. The number of hydrogen-bond acceptors (Lipinski definition) is 6. The number of nitro benzene ring substituents is 1. The van der Waals surface area contributed by atoms with E-state index in [1.165, 1.54) is 14.1 Å². The number of sulfonamides is 1. The van der Waals surface area contributed by atoms with Crippen LogP contribution in [-0.2, 0) is 10.0 Å². The summed E-state index contributed by atoms with van der Waals surface area (Å²) in [6.07, 6.45) is 0. The number of hydrogen-bond donors (Lipinski definition) is 2. The van der Waals surface area contributed by atoms with Gasteiger partial charge in [0.05, 0.1) is 10.7 Å². The van der Waals surface area contributed by atoms with Crippen LogP contribution in [0.3, 0.4) is 0 Å². The van der Waals surface area contributed by atoms with Crippen molar-refractivity contribution >= 4 is 27.1 Å². The van der Waals surface area contributed by atoms with E-state index in [1.54, 1.807) is 18.2 Å². The maximum absolute atomic E-state index is 11.6. The van der Waals surface area contributed by atoms with E-state index >= 15 is 0 Å². The van der Waals surface area contributed by atoms with Crippen molar-refractivity contribution in [2.24, 2.45) is 0 Å².